The molecule has 250 valence electrons. The van der Waals surface area contributed by atoms with Crippen molar-refractivity contribution in [2.24, 2.45) is 0 Å². The van der Waals surface area contributed by atoms with Gasteiger partial charge in [0.25, 0.3) is 31.9 Å². The van der Waals surface area contributed by atoms with Gasteiger partial charge in [0.05, 0.1) is 28.4 Å². The number of aromatic nitrogens is 1. The van der Waals surface area contributed by atoms with Crippen LogP contribution in [-0.4, -0.2) is 36.9 Å². The van der Waals surface area contributed by atoms with Crippen LogP contribution in [0.4, 0.5) is 11.4 Å². The number of anilines is 2. The molecule has 0 fully saturated rings. The van der Waals surface area contributed by atoms with E-state index in [2.05, 4.69) is 50.0 Å². The van der Waals surface area contributed by atoms with Crippen molar-refractivity contribution in [1.82, 2.24) is 4.98 Å². The van der Waals surface area contributed by atoms with E-state index in [-0.39, 0.29) is 38.0 Å². The lowest BCUT2D eigenvalue weighted by atomic mass is 9.97. The van der Waals surface area contributed by atoms with E-state index >= 15 is 0 Å². The molecule has 2 aromatic carbocycles. The number of hydrogen-bond donors (Lipinski definition) is 0. The van der Waals surface area contributed by atoms with Crippen molar-refractivity contribution in [3.05, 3.63) is 121 Å². The molecule has 2 aliphatic heterocycles. The van der Waals surface area contributed by atoms with E-state index in [1.54, 1.807) is 12.1 Å². The van der Waals surface area contributed by atoms with Crippen molar-refractivity contribution < 1.29 is 23.6 Å². The number of carbonyl (C=O) groups is 4. The first-order chi connectivity index (χ1) is 24.1. The normalized spacial score (nSPS) is 14.7. The Labute approximate surface area is 301 Å². The molecule has 6 aromatic rings. The first kappa shape index (κ1) is 32.6. The van der Waals surface area contributed by atoms with Gasteiger partial charge in [0.1, 0.15) is 15.4 Å². The minimum atomic E-state index is -2.92. The van der Waals surface area contributed by atoms with Gasteiger partial charge < -0.3 is 4.43 Å². The number of benzene rings is 2. The van der Waals surface area contributed by atoms with Gasteiger partial charge in [-0.05, 0) is 44.7 Å². The van der Waals surface area contributed by atoms with E-state index in [0.717, 1.165) is 36.4 Å². The Kier molecular flexibility index (Phi) is 7.84. The number of rotatable bonds is 8. The molecular weight excluding hydrogens is 703 g/mol. The van der Waals surface area contributed by atoms with Crippen LogP contribution in [0, 0.1) is 0 Å². The monoisotopic (exact) mass is 733 g/mol. The predicted molar refractivity (Wildman–Crippen MR) is 202 cm³/mol. The van der Waals surface area contributed by atoms with Crippen LogP contribution < -0.4 is 20.2 Å². The van der Waals surface area contributed by atoms with Gasteiger partial charge in [0, 0.05) is 21.8 Å². The summed E-state index contributed by atoms with van der Waals surface area (Å²) in [6.45, 7) is 8.74. The Morgan fingerprint density at radius 1 is 0.700 bits per heavy atom. The minimum Gasteiger partial charge on any atom is -0.402 e. The first-order valence-electron chi connectivity index (χ1n) is 16.2. The SMILES string of the molecule is CCc1sccc1N1C(=O)c2ncc3c4c(sc(c24)C1=O)C(=O)N(c1ccsc1CO[Si](c1ccccc1)(c1ccccc1)C(C)(C)C)C3=O. The number of imide groups is 2. The van der Waals surface area contributed by atoms with E-state index in [0.29, 0.717) is 23.2 Å². The van der Waals surface area contributed by atoms with Crippen molar-refractivity contribution in [3.8, 4) is 0 Å². The minimum absolute atomic E-state index is 0.0677. The first-order valence-corrected chi connectivity index (χ1v) is 20.7. The fourth-order valence-electron chi connectivity index (χ4n) is 7.22. The number of nitrogens with zero attached hydrogens (tertiary/aromatic N) is 3. The molecule has 0 N–H and O–H groups in total. The smallest absolute Gasteiger partial charge is 0.284 e. The van der Waals surface area contributed by atoms with Gasteiger partial charge in [-0.2, -0.15) is 0 Å². The Morgan fingerprint density at radius 2 is 1.24 bits per heavy atom. The topological polar surface area (TPSA) is 96.9 Å². The number of amides is 4. The molecule has 6 heterocycles. The van der Waals surface area contributed by atoms with Crippen LogP contribution >= 0.6 is 34.0 Å². The molecule has 0 saturated heterocycles. The lowest BCUT2D eigenvalue weighted by Gasteiger charge is -2.43. The molecule has 4 amide bonds. The Balaban J connectivity index is 1.19. The van der Waals surface area contributed by atoms with E-state index in [1.807, 2.05) is 54.1 Å². The number of carbonyl (C=O) groups excluding carboxylic acids is 4. The largest absolute Gasteiger partial charge is 0.402 e. The van der Waals surface area contributed by atoms with Crippen molar-refractivity contribution in [3.63, 3.8) is 0 Å². The molecule has 0 radical (unpaired) electrons. The summed E-state index contributed by atoms with van der Waals surface area (Å²) in [6.07, 6.45) is 2.02. The highest BCUT2D eigenvalue weighted by Gasteiger charge is 2.51. The van der Waals surface area contributed by atoms with Gasteiger partial charge in [0.15, 0.2) is 0 Å². The van der Waals surface area contributed by atoms with Crippen LogP contribution in [0.3, 0.4) is 0 Å². The second kappa shape index (κ2) is 12.0. The number of thiophene rings is 3. The van der Waals surface area contributed by atoms with Gasteiger partial charge in [-0.25, -0.2) is 14.8 Å². The van der Waals surface area contributed by atoms with Crippen LogP contribution in [0.15, 0.2) is 89.8 Å². The molecule has 0 spiro atoms. The van der Waals surface area contributed by atoms with E-state index in [9.17, 15) is 19.2 Å². The van der Waals surface area contributed by atoms with Crippen molar-refractivity contribution in [2.45, 2.75) is 45.8 Å². The lowest BCUT2D eigenvalue weighted by Crippen LogP contribution is -2.66. The van der Waals surface area contributed by atoms with Crippen LogP contribution in [0.25, 0.3) is 10.8 Å². The van der Waals surface area contributed by atoms with Crippen LogP contribution in [0.1, 0.15) is 77.6 Å². The fourth-order valence-corrected chi connectivity index (χ4v) is 14.6. The molecule has 50 heavy (non-hydrogen) atoms. The molecule has 0 aliphatic carbocycles. The number of hydrogen-bond acceptors (Lipinski definition) is 9. The van der Waals surface area contributed by atoms with Crippen molar-refractivity contribution in [2.75, 3.05) is 9.80 Å². The third-order valence-electron chi connectivity index (χ3n) is 9.45. The summed E-state index contributed by atoms with van der Waals surface area (Å²) in [7, 11) is -2.92. The predicted octanol–water partition coefficient (Wildman–Crippen LogP) is 7.66. The Hall–Kier alpha value is -4.59. The van der Waals surface area contributed by atoms with Gasteiger partial charge in [-0.15, -0.1) is 34.0 Å². The van der Waals surface area contributed by atoms with E-state index in [1.165, 1.54) is 33.8 Å². The second-order valence-corrected chi connectivity index (χ2v) is 20.5. The summed E-state index contributed by atoms with van der Waals surface area (Å²) in [4.78, 5) is 65.2. The van der Waals surface area contributed by atoms with Crippen molar-refractivity contribution in [1.29, 1.82) is 0 Å². The summed E-state index contributed by atoms with van der Waals surface area (Å²) in [6, 6.07) is 24.1. The zero-order chi connectivity index (χ0) is 34.9. The zero-order valence-corrected chi connectivity index (χ0v) is 31.1. The number of aryl methyl sites for hydroxylation is 1. The van der Waals surface area contributed by atoms with Gasteiger partial charge >= 0.3 is 0 Å². The highest BCUT2D eigenvalue weighted by atomic mass is 32.1. The average Bonchev–Trinajstić information content (AvgIpc) is 3.87. The number of pyridine rings is 1. The lowest BCUT2D eigenvalue weighted by molar-refractivity contribution is 0.0875. The van der Waals surface area contributed by atoms with Gasteiger partial charge in [0.2, 0.25) is 0 Å². The highest BCUT2D eigenvalue weighted by molar-refractivity contribution is 7.18. The summed E-state index contributed by atoms with van der Waals surface area (Å²) in [5.74, 6) is -2.16. The average molecular weight is 734 g/mol. The molecule has 0 unspecified atom stereocenters. The molecule has 4 aromatic heterocycles. The third kappa shape index (κ3) is 4.66. The molecule has 2 aliphatic rings. The van der Waals surface area contributed by atoms with E-state index in [4.69, 9.17) is 4.43 Å². The molecule has 0 bridgehead atoms. The Morgan fingerprint density at radius 3 is 1.82 bits per heavy atom. The van der Waals surface area contributed by atoms with Crippen molar-refractivity contribution >= 4 is 98.5 Å². The third-order valence-corrected chi connectivity index (χ3v) is 17.5. The second-order valence-electron chi connectivity index (χ2n) is 13.2. The maximum Gasteiger partial charge on any atom is 0.284 e. The fraction of sp³-hybridized carbons (Fsp3) is 0.184. The van der Waals surface area contributed by atoms with Gasteiger partial charge in [-0.3, -0.25) is 19.2 Å². The molecule has 0 atom stereocenters. The van der Waals surface area contributed by atoms with Crippen LogP contribution in [0.5, 0.6) is 0 Å². The summed E-state index contributed by atoms with van der Waals surface area (Å²) < 4.78 is 7.18. The maximum atomic E-state index is 14.4. The van der Waals surface area contributed by atoms with Crippen LogP contribution in [-0.2, 0) is 17.5 Å². The Bertz CT molecular complexity index is 2320. The molecular formula is C38H31N3O5S3Si. The summed E-state index contributed by atoms with van der Waals surface area (Å²) >= 11 is 3.91. The maximum absolute atomic E-state index is 14.4. The van der Waals surface area contributed by atoms with E-state index < -0.39 is 31.9 Å². The zero-order valence-electron chi connectivity index (χ0n) is 27.7. The summed E-state index contributed by atoms with van der Waals surface area (Å²) in [5.41, 5.74) is 1.21. The van der Waals surface area contributed by atoms with Crippen LogP contribution in [0.2, 0.25) is 5.04 Å². The molecule has 12 heteroatoms. The molecule has 8 rings (SSSR count). The summed E-state index contributed by atoms with van der Waals surface area (Å²) in [5, 5.41) is 6.29. The van der Waals surface area contributed by atoms with Gasteiger partial charge in [-0.1, -0.05) is 88.4 Å². The molecule has 8 nitrogen and oxygen atoms in total. The molecule has 0 saturated carbocycles. The quantitative estimate of drug-likeness (QED) is 0.118. The highest BCUT2D eigenvalue weighted by Crippen LogP contribution is 2.46. The standard InChI is InChI=1S/C38H31N3O5S3Si/c1-5-27-25(16-18-47-27)41-35(43)31-30-29-24(20-39-31)34(42)40(36(44)32(29)49-33(30)37(41)45)26-17-19-48-28(26)21-46-50(38(2,3)4,22-12-8-6-9-13-22)23-14-10-7-11-15-23/h6-20H,5,21H2,1-4H3.